The molecular formula is C13H10N2O4. The highest BCUT2D eigenvalue weighted by Gasteiger charge is 2.44. The summed E-state index contributed by atoms with van der Waals surface area (Å²) in [7, 11) is 0. The number of piperidine rings is 1. The molecule has 0 saturated carbocycles. The van der Waals surface area contributed by atoms with E-state index in [-0.39, 0.29) is 18.7 Å². The molecule has 1 atom stereocenters. The zero-order valence-corrected chi connectivity index (χ0v) is 9.88. The summed E-state index contributed by atoms with van der Waals surface area (Å²) in [6.45, 7) is 0. The smallest absolute Gasteiger partial charge is 0.262 e. The van der Waals surface area contributed by atoms with E-state index in [9.17, 15) is 19.2 Å². The van der Waals surface area contributed by atoms with E-state index >= 15 is 0 Å². The van der Waals surface area contributed by atoms with Crippen molar-refractivity contribution in [3.8, 4) is 0 Å². The third kappa shape index (κ3) is 1.64. The quantitative estimate of drug-likeness (QED) is 0.725. The van der Waals surface area contributed by atoms with Gasteiger partial charge in [-0.25, -0.2) is 0 Å². The normalized spacial score (nSPS) is 22.5. The Labute approximate surface area is 108 Å². The van der Waals surface area contributed by atoms with Gasteiger partial charge in [0.1, 0.15) is 6.04 Å². The molecule has 0 radical (unpaired) electrons. The van der Waals surface area contributed by atoms with Gasteiger partial charge < -0.3 is 0 Å². The molecule has 1 N–H and O–H groups in total. The number of carbonyl (C=O) groups is 4. The van der Waals surface area contributed by atoms with Gasteiger partial charge in [-0.3, -0.25) is 29.4 Å². The summed E-state index contributed by atoms with van der Waals surface area (Å²) in [4.78, 5) is 48.1. The molecule has 2 heterocycles. The molecule has 19 heavy (non-hydrogen) atoms. The Morgan fingerprint density at radius 3 is 2.63 bits per heavy atom. The molecule has 2 aliphatic heterocycles. The summed E-state index contributed by atoms with van der Waals surface area (Å²) in [5, 5.41) is 2.15. The number of nitrogens with zero attached hydrogens (tertiary/aromatic N) is 1. The molecule has 1 unspecified atom stereocenters. The van der Waals surface area contributed by atoms with Crippen LogP contribution < -0.4 is 5.32 Å². The van der Waals surface area contributed by atoms with Crippen LogP contribution in [0.3, 0.4) is 0 Å². The average Bonchev–Trinajstić information content (AvgIpc) is 2.64. The van der Waals surface area contributed by atoms with Crippen LogP contribution in [0.2, 0.25) is 0 Å². The van der Waals surface area contributed by atoms with Crippen LogP contribution in [0.1, 0.15) is 33.6 Å². The van der Waals surface area contributed by atoms with Gasteiger partial charge >= 0.3 is 0 Å². The van der Waals surface area contributed by atoms with Crippen LogP contribution in [0.4, 0.5) is 0 Å². The van der Waals surface area contributed by atoms with Gasteiger partial charge in [-0.05, 0) is 18.6 Å². The lowest BCUT2D eigenvalue weighted by molar-refractivity contribution is -0.136. The second kappa shape index (κ2) is 4.01. The first-order chi connectivity index (χ1) is 9.09. The van der Waals surface area contributed by atoms with E-state index in [0.717, 1.165) is 4.90 Å². The number of imide groups is 2. The number of fused-ring (bicyclic) bond motifs is 1. The summed E-state index contributed by atoms with van der Waals surface area (Å²) in [5.41, 5.74) is 0.606. The van der Waals surface area contributed by atoms with Crippen molar-refractivity contribution >= 4 is 23.6 Å². The fourth-order valence-electron chi connectivity index (χ4n) is 2.42. The summed E-state index contributed by atoms with van der Waals surface area (Å²) in [6, 6.07) is 5.55. The standard InChI is InChI=1S/C13H10N2O4/c16-10-6-5-9(11(17)14-10)15-12(18)7-3-1-2-4-8(7)13(15)19/h1-4,9H,5-6H2,(H,14,16,17)/i12+2. The predicted molar refractivity (Wildman–Crippen MR) is 63.1 cm³/mol. The molecule has 1 saturated heterocycles. The average molecular weight is 260 g/mol. The molecule has 2 aliphatic rings. The van der Waals surface area contributed by atoms with E-state index in [0.29, 0.717) is 11.1 Å². The number of hydrogen-bond acceptors (Lipinski definition) is 4. The van der Waals surface area contributed by atoms with Crippen LogP contribution in [-0.4, -0.2) is 34.6 Å². The molecule has 0 spiro atoms. The molecule has 1 fully saturated rings. The highest BCUT2D eigenvalue weighted by atomic mass is 16.3. The monoisotopic (exact) mass is 260 g/mol. The number of amides is 4. The van der Waals surface area contributed by atoms with E-state index in [1.807, 2.05) is 0 Å². The van der Waals surface area contributed by atoms with E-state index < -0.39 is 23.8 Å². The van der Waals surface area contributed by atoms with E-state index in [1.54, 1.807) is 24.3 Å². The number of nitrogens with one attached hydrogen (secondary N) is 1. The summed E-state index contributed by atoms with van der Waals surface area (Å²) >= 11 is 0. The number of hydrogen-bond donors (Lipinski definition) is 1. The van der Waals surface area contributed by atoms with E-state index in [1.165, 1.54) is 0 Å². The maximum absolute atomic E-state index is 12.2. The van der Waals surface area contributed by atoms with Gasteiger partial charge in [-0.1, -0.05) is 12.1 Å². The summed E-state index contributed by atoms with van der Waals surface area (Å²) in [6.07, 6.45) is 0.306. The second-order valence-corrected chi connectivity index (χ2v) is 4.49. The fourth-order valence-corrected chi connectivity index (χ4v) is 2.42. The topological polar surface area (TPSA) is 83.6 Å². The van der Waals surface area contributed by atoms with Gasteiger partial charge in [0.2, 0.25) is 11.8 Å². The minimum absolute atomic E-state index is 0.129. The molecule has 1 aromatic rings. The van der Waals surface area contributed by atoms with Crippen LogP contribution >= 0.6 is 0 Å². The largest absolute Gasteiger partial charge is 0.295 e. The summed E-state index contributed by atoms with van der Waals surface area (Å²) in [5.74, 6) is -1.92. The first-order valence-corrected chi connectivity index (χ1v) is 5.90. The molecule has 0 aliphatic carbocycles. The lowest BCUT2D eigenvalue weighted by Gasteiger charge is -2.27. The van der Waals surface area contributed by atoms with Crippen molar-refractivity contribution in [1.29, 1.82) is 0 Å². The van der Waals surface area contributed by atoms with Crippen molar-refractivity contribution < 1.29 is 19.2 Å². The molecular weight excluding hydrogens is 250 g/mol. The lowest BCUT2D eigenvalue weighted by Crippen LogP contribution is -2.54. The highest BCUT2D eigenvalue weighted by molar-refractivity contribution is 6.23. The Hall–Kier alpha value is -2.50. The zero-order chi connectivity index (χ0) is 13.6. The Morgan fingerprint density at radius 2 is 1.95 bits per heavy atom. The molecule has 4 amide bonds. The molecule has 0 aromatic heterocycles. The Balaban J connectivity index is 1.96. The van der Waals surface area contributed by atoms with E-state index in [2.05, 4.69) is 5.32 Å². The Kier molecular flexibility index (Phi) is 2.45. The van der Waals surface area contributed by atoms with Crippen LogP contribution in [0.5, 0.6) is 0 Å². The van der Waals surface area contributed by atoms with Crippen molar-refractivity contribution in [1.82, 2.24) is 10.2 Å². The van der Waals surface area contributed by atoms with E-state index in [4.69, 9.17) is 0 Å². The van der Waals surface area contributed by atoms with Gasteiger partial charge in [0.15, 0.2) is 0 Å². The zero-order valence-electron chi connectivity index (χ0n) is 9.88. The molecule has 6 heteroatoms. The van der Waals surface area contributed by atoms with Gasteiger partial charge in [-0.2, -0.15) is 0 Å². The molecule has 1 aromatic carbocycles. The number of rotatable bonds is 1. The third-order valence-corrected chi connectivity index (χ3v) is 3.35. The van der Waals surface area contributed by atoms with Crippen LogP contribution in [-0.2, 0) is 9.59 Å². The number of benzene rings is 1. The summed E-state index contributed by atoms with van der Waals surface area (Å²) < 4.78 is 0. The van der Waals surface area contributed by atoms with Crippen molar-refractivity contribution in [2.24, 2.45) is 0 Å². The van der Waals surface area contributed by atoms with Gasteiger partial charge in [0, 0.05) is 6.42 Å². The van der Waals surface area contributed by atoms with Crippen molar-refractivity contribution in [3.05, 3.63) is 35.4 Å². The van der Waals surface area contributed by atoms with Gasteiger partial charge in [0.05, 0.1) is 11.1 Å². The maximum Gasteiger partial charge on any atom is 0.262 e. The first kappa shape index (κ1) is 11.6. The third-order valence-electron chi connectivity index (χ3n) is 3.35. The first-order valence-electron chi connectivity index (χ1n) is 5.90. The minimum Gasteiger partial charge on any atom is -0.295 e. The second-order valence-electron chi connectivity index (χ2n) is 4.49. The van der Waals surface area contributed by atoms with Crippen molar-refractivity contribution in [3.63, 3.8) is 0 Å². The minimum atomic E-state index is -0.898. The van der Waals surface area contributed by atoms with Gasteiger partial charge in [0.25, 0.3) is 11.8 Å². The molecule has 0 bridgehead atoms. The SMILES string of the molecule is O=C1CCC(N2C(=O)c3ccccc3[14C]2=O)C(=O)N1. The lowest BCUT2D eigenvalue weighted by atomic mass is 10.1. The molecule has 6 nitrogen and oxygen atoms in total. The predicted octanol–water partition coefficient (Wildman–Crippen LogP) is 0.0878. The van der Waals surface area contributed by atoms with Crippen LogP contribution in [0.15, 0.2) is 24.3 Å². The maximum atomic E-state index is 12.2. The Morgan fingerprint density at radius 1 is 1.21 bits per heavy atom. The molecule has 96 valence electrons. The number of carbonyl (C=O) groups excluding carboxylic acids is 4. The van der Waals surface area contributed by atoms with Gasteiger partial charge in [-0.15, -0.1) is 0 Å². The Bertz CT molecular complexity index is 588. The van der Waals surface area contributed by atoms with Crippen molar-refractivity contribution in [2.45, 2.75) is 18.9 Å². The van der Waals surface area contributed by atoms with Crippen LogP contribution in [0, 0.1) is 0 Å². The molecule has 3 rings (SSSR count). The highest BCUT2D eigenvalue weighted by Crippen LogP contribution is 2.26. The van der Waals surface area contributed by atoms with Crippen LogP contribution in [0.25, 0.3) is 0 Å². The fraction of sp³-hybridized carbons (Fsp3) is 0.231. The van der Waals surface area contributed by atoms with Crippen molar-refractivity contribution in [2.75, 3.05) is 0 Å².